The maximum atomic E-state index is 12.8. The number of rotatable bonds is 9. The van der Waals surface area contributed by atoms with Crippen LogP contribution in [0.5, 0.6) is 11.5 Å². The van der Waals surface area contributed by atoms with Crippen LogP contribution >= 0.6 is 0 Å². The molecule has 1 fully saturated rings. The molecule has 190 valence electrons. The highest BCUT2D eigenvalue weighted by atomic mass is 16.5. The molecule has 11 nitrogen and oxygen atoms in total. The van der Waals surface area contributed by atoms with Gasteiger partial charge in [-0.1, -0.05) is 24.3 Å². The van der Waals surface area contributed by atoms with E-state index in [0.29, 0.717) is 22.7 Å². The molecule has 1 aliphatic rings. The third-order valence-electron chi connectivity index (χ3n) is 5.24. The number of anilines is 1. The fourth-order valence-corrected chi connectivity index (χ4v) is 3.47. The maximum absolute atomic E-state index is 12.8. The van der Waals surface area contributed by atoms with Crippen molar-refractivity contribution < 1.29 is 37.8 Å². The fourth-order valence-electron chi connectivity index (χ4n) is 3.47. The van der Waals surface area contributed by atoms with Gasteiger partial charge >= 0.3 is 12.0 Å². The molecule has 2 heterocycles. The molecule has 0 radical (unpaired) electrons. The second-order valence-electron chi connectivity index (χ2n) is 7.75. The van der Waals surface area contributed by atoms with Crippen LogP contribution in [-0.4, -0.2) is 49.5 Å². The first-order chi connectivity index (χ1) is 17.9. The van der Waals surface area contributed by atoms with E-state index < -0.39 is 17.9 Å². The van der Waals surface area contributed by atoms with Crippen LogP contribution in [0.2, 0.25) is 0 Å². The predicted molar refractivity (Wildman–Crippen MR) is 131 cm³/mol. The summed E-state index contributed by atoms with van der Waals surface area (Å²) in [6.45, 7) is -0.403. The number of carbonyl (C=O) groups excluding carboxylic acids is 4. The third-order valence-corrected chi connectivity index (χ3v) is 5.24. The second-order valence-corrected chi connectivity index (χ2v) is 7.75. The van der Waals surface area contributed by atoms with Gasteiger partial charge < -0.3 is 29.3 Å². The van der Waals surface area contributed by atoms with E-state index in [4.69, 9.17) is 13.9 Å². The van der Waals surface area contributed by atoms with Crippen LogP contribution in [0.25, 0.3) is 6.08 Å². The average molecular weight is 505 g/mol. The second kappa shape index (κ2) is 11.1. The van der Waals surface area contributed by atoms with Gasteiger partial charge in [0.2, 0.25) is 5.76 Å². The van der Waals surface area contributed by atoms with Gasteiger partial charge in [-0.2, -0.15) is 0 Å². The van der Waals surface area contributed by atoms with Crippen molar-refractivity contribution in [3.05, 3.63) is 83.4 Å². The Kier molecular flexibility index (Phi) is 7.53. The van der Waals surface area contributed by atoms with E-state index in [1.54, 1.807) is 42.5 Å². The largest absolute Gasteiger partial charge is 0.493 e. The zero-order chi connectivity index (χ0) is 26.4. The van der Waals surface area contributed by atoms with Crippen LogP contribution in [0, 0.1) is 0 Å². The van der Waals surface area contributed by atoms with Crippen LogP contribution in [0.3, 0.4) is 0 Å². The highest BCUT2D eigenvalue weighted by Crippen LogP contribution is 2.29. The van der Waals surface area contributed by atoms with Gasteiger partial charge in [-0.15, -0.1) is 0 Å². The lowest BCUT2D eigenvalue weighted by atomic mass is 10.1. The minimum absolute atomic E-state index is 0.0349. The SMILES string of the molecule is COC(=O)c1ccc(CN2C(=O)N/C(=C\c3ccc(OCC(=O)Nc4ccccc4)c(OC)c3)C2=O)o1. The van der Waals surface area contributed by atoms with Crippen LogP contribution in [0.15, 0.2) is 70.8 Å². The Bertz CT molecular complexity index is 1360. The minimum Gasteiger partial charge on any atom is -0.493 e. The van der Waals surface area contributed by atoms with E-state index >= 15 is 0 Å². The molecular weight excluding hydrogens is 482 g/mol. The number of amides is 4. The standard InChI is InChI=1S/C26H23N3O8/c1-34-22-13-16(8-10-20(22)36-15-23(30)27-17-6-4-3-5-7-17)12-19-24(31)29(26(33)28-19)14-18-9-11-21(37-18)25(32)35-2/h3-13H,14-15H2,1-2H3,(H,27,30)(H,28,33)/b19-12-. The molecule has 2 N–H and O–H groups in total. The summed E-state index contributed by atoms with van der Waals surface area (Å²) in [4.78, 5) is 49.9. The molecule has 2 aromatic carbocycles. The van der Waals surface area contributed by atoms with Crippen molar-refractivity contribution in [1.82, 2.24) is 10.2 Å². The summed E-state index contributed by atoms with van der Waals surface area (Å²) >= 11 is 0. The minimum atomic E-state index is -0.665. The Morgan fingerprint density at radius 1 is 1.03 bits per heavy atom. The average Bonchev–Trinajstić information content (AvgIpc) is 3.48. The monoisotopic (exact) mass is 505 g/mol. The van der Waals surface area contributed by atoms with Gasteiger partial charge in [0.05, 0.1) is 20.8 Å². The van der Waals surface area contributed by atoms with Crippen molar-refractivity contribution in [3.8, 4) is 11.5 Å². The summed E-state index contributed by atoms with van der Waals surface area (Å²) in [5.41, 5.74) is 1.25. The van der Waals surface area contributed by atoms with Crippen molar-refractivity contribution in [2.75, 3.05) is 26.1 Å². The number of para-hydroxylation sites is 1. The summed E-state index contributed by atoms with van der Waals surface area (Å²) in [7, 11) is 2.66. The lowest BCUT2D eigenvalue weighted by molar-refractivity contribution is -0.123. The molecule has 0 saturated carbocycles. The third kappa shape index (κ3) is 5.96. The van der Waals surface area contributed by atoms with Crippen molar-refractivity contribution >= 4 is 35.6 Å². The van der Waals surface area contributed by atoms with E-state index in [9.17, 15) is 19.2 Å². The normalized spacial score (nSPS) is 13.9. The number of nitrogens with zero attached hydrogens (tertiary/aromatic N) is 1. The number of nitrogens with one attached hydrogen (secondary N) is 2. The number of imide groups is 1. The van der Waals surface area contributed by atoms with Crippen molar-refractivity contribution in [3.63, 3.8) is 0 Å². The fraction of sp³-hybridized carbons (Fsp3) is 0.154. The smallest absolute Gasteiger partial charge is 0.373 e. The number of hydrogen-bond acceptors (Lipinski definition) is 8. The molecule has 0 atom stereocenters. The van der Waals surface area contributed by atoms with E-state index in [-0.39, 0.29) is 36.3 Å². The summed E-state index contributed by atoms with van der Waals surface area (Å²) < 4.78 is 20.9. The Balaban J connectivity index is 1.41. The lowest BCUT2D eigenvalue weighted by Gasteiger charge is -2.12. The zero-order valence-corrected chi connectivity index (χ0v) is 20.0. The van der Waals surface area contributed by atoms with Gasteiger partial charge in [-0.25, -0.2) is 9.59 Å². The Morgan fingerprint density at radius 3 is 2.54 bits per heavy atom. The van der Waals surface area contributed by atoms with Gasteiger partial charge in [-0.05, 0) is 48.0 Å². The van der Waals surface area contributed by atoms with Gasteiger partial charge in [-0.3, -0.25) is 14.5 Å². The van der Waals surface area contributed by atoms with E-state index in [1.165, 1.54) is 32.4 Å². The first-order valence-corrected chi connectivity index (χ1v) is 11.0. The number of ether oxygens (including phenoxy) is 3. The zero-order valence-electron chi connectivity index (χ0n) is 20.0. The number of hydrogen-bond donors (Lipinski definition) is 2. The molecule has 0 aliphatic carbocycles. The molecule has 0 bridgehead atoms. The highest BCUT2D eigenvalue weighted by molar-refractivity contribution is 6.13. The number of furan rings is 1. The van der Waals surface area contributed by atoms with Gasteiger partial charge in [0.15, 0.2) is 18.1 Å². The van der Waals surface area contributed by atoms with Crippen molar-refractivity contribution in [2.24, 2.45) is 0 Å². The highest BCUT2D eigenvalue weighted by Gasteiger charge is 2.34. The summed E-state index contributed by atoms with van der Waals surface area (Å²) in [5, 5.41) is 5.24. The molecule has 1 aromatic heterocycles. The molecule has 0 unspecified atom stereocenters. The molecule has 4 rings (SSSR count). The molecule has 3 aromatic rings. The summed E-state index contributed by atoms with van der Waals surface area (Å²) in [6.07, 6.45) is 1.48. The van der Waals surface area contributed by atoms with Crippen LogP contribution in [0.4, 0.5) is 10.5 Å². The number of methoxy groups -OCH3 is 2. The van der Waals surface area contributed by atoms with Crippen molar-refractivity contribution in [1.29, 1.82) is 0 Å². The van der Waals surface area contributed by atoms with Crippen LogP contribution in [0.1, 0.15) is 21.9 Å². The Labute approximate surface area is 211 Å². The van der Waals surface area contributed by atoms with E-state index in [2.05, 4.69) is 15.4 Å². The molecular formula is C26H23N3O8. The molecule has 1 aliphatic heterocycles. The van der Waals surface area contributed by atoms with Crippen molar-refractivity contribution in [2.45, 2.75) is 6.54 Å². The number of urea groups is 1. The first kappa shape index (κ1) is 25.0. The quantitative estimate of drug-likeness (QED) is 0.257. The van der Waals surface area contributed by atoms with E-state index in [0.717, 1.165) is 4.90 Å². The number of carbonyl (C=O) groups is 4. The van der Waals surface area contributed by atoms with Gasteiger partial charge in [0.1, 0.15) is 11.5 Å². The Morgan fingerprint density at radius 2 is 1.81 bits per heavy atom. The van der Waals surface area contributed by atoms with Crippen LogP contribution < -0.4 is 20.1 Å². The molecule has 4 amide bonds. The van der Waals surface area contributed by atoms with Gasteiger partial charge in [0.25, 0.3) is 11.8 Å². The summed E-state index contributed by atoms with van der Waals surface area (Å²) in [6, 6.07) is 16.1. The predicted octanol–water partition coefficient (Wildman–Crippen LogP) is 3.19. The maximum Gasteiger partial charge on any atom is 0.373 e. The lowest BCUT2D eigenvalue weighted by Crippen LogP contribution is -2.30. The Hall–Kier alpha value is -5.06. The number of esters is 1. The molecule has 37 heavy (non-hydrogen) atoms. The summed E-state index contributed by atoms with van der Waals surface area (Å²) in [5.74, 6) is -0.706. The first-order valence-electron chi connectivity index (χ1n) is 11.0. The number of benzene rings is 2. The van der Waals surface area contributed by atoms with Crippen LogP contribution in [-0.2, 0) is 20.9 Å². The molecule has 1 saturated heterocycles. The van der Waals surface area contributed by atoms with E-state index in [1.807, 2.05) is 6.07 Å². The topological polar surface area (TPSA) is 136 Å². The van der Waals surface area contributed by atoms with Gasteiger partial charge in [0, 0.05) is 5.69 Å². The molecule has 0 spiro atoms. The molecule has 11 heteroatoms.